The van der Waals surface area contributed by atoms with Crippen LogP contribution in [-0.4, -0.2) is 42.4 Å². The molecule has 1 fully saturated rings. The van der Waals surface area contributed by atoms with Crippen LogP contribution in [0, 0.1) is 0 Å². The van der Waals surface area contributed by atoms with E-state index in [1.54, 1.807) is 0 Å². The summed E-state index contributed by atoms with van der Waals surface area (Å²) in [7, 11) is 0. The number of piperazine rings is 1. The zero-order valence-corrected chi connectivity index (χ0v) is 11.5. The third kappa shape index (κ3) is 4.06. The van der Waals surface area contributed by atoms with Crippen molar-refractivity contribution in [3.8, 4) is 0 Å². The van der Waals surface area contributed by atoms with Gasteiger partial charge in [-0.05, 0) is 24.9 Å². The van der Waals surface area contributed by atoms with Gasteiger partial charge in [-0.25, -0.2) is 0 Å². The van der Waals surface area contributed by atoms with E-state index >= 15 is 0 Å². The summed E-state index contributed by atoms with van der Waals surface area (Å²) in [4.78, 5) is 24.9. The summed E-state index contributed by atoms with van der Waals surface area (Å²) < 4.78 is 0. The lowest BCUT2D eigenvalue weighted by atomic mass is 10.1. The third-order valence-corrected chi connectivity index (χ3v) is 3.59. The number of nitrogens with two attached hydrogens (primary N) is 1. The first kappa shape index (κ1) is 14.5. The van der Waals surface area contributed by atoms with Crippen molar-refractivity contribution >= 4 is 11.8 Å². The van der Waals surface area contributed by atoms with Crippen LogP contribution in [0.15, 0.2) is 30.3 Å². The third-order valence-electron chi connectivity index (χ3n) is 3.59. The van der Waals surface area contributed by atoms with E-state index in [4.69, 9.17) is 5.73 Å². The van der Waals surface area contributed by atoms with Gasteiger partial charge in [-0.1, -0.05) is 30.3 Å². The van der Waals surface area contributed by atoms with Crippen LogP contribution in [0.25, 0.3) is 0 Å². The second kappa shape index (κ2) is 7.05. The maximum Gasteiger partial charge on any atom is 0.237 e. The zero-order chi connectivity index (χ0) is 14.4. The van der Waals surface area contributed by atoms with Crippen molar-refractivity contribution in [2.75, 3.05) is 19.6 Å². The number of amides is 2. The molecule has 0 aliphatic carbocycles. The van der Waals surface area contributed by atoms with Crippen molar-refractivity contribution in [2.24, 2.45) is 5.73 Å². The molecule has 1 aromatic carbocycles. The molecule has 20 heavy (non-hydrogen) atoms. The molecule has 0 spiro atoms. The number of primary amides is 1. The number of rotatable bonds is 6. The molecule has 1 atom stereocenters. The largest absolute Gasteiger partial charge is 0.370 e. The van der Waals surface area contributed by atoms with Crippen molar-refractivity contribution in [2.45, 2.75) is 25.3 Å². The van der Waals surface area contributed by atoms with Crippen LogP contribution in [-0.2, 0) is 16.0 Å². The van der Waals surface area contributed by atoms with Gasteiger partial charge in [0, 0.05) is 13.1 Å². The number of carbonyl (C=O) groups is 2. The van der Waals surface area contributed by atoms with Crippen LogP contribution in [0.5, 0.6) is 0 Å². The van der Waals surface area contributed by atoms with Gasteiger partial charge in [-0.2, -0.15) is 0 Å². The molecular weight excluding hydrogens is 254 g/mol. The molecule has 2 rings (SSSR count). The van der Waals surface area contributed by atoms with E-state index in [1.165, 1.54) is 5.56 Å². The highest BCUT2D eigenvalue weighted by Crippen LogP contribution is 2.11. The average Bonchev–Trinajstić information content (AvgIpc) is 2.43. The molecule has 1 aliphatic heterocycles. The number of nitrogens with zero attached hydrogens (tertiary/aromatic N) is 1. The van der Waals surface area contributed by atoms with Gasteiger partial charge in [0.1, 0.15) is 0 Å². The summed E-state index contributed by atoms with van der Waals surface area (Å²) in [5.41, 5.74) is 6.51. The van der Waals surface area contributed by atoms with Crippen molar-refractivity contribution < 1.29 is 9.59 Å². The summed E-state index contributed by atoms with van der Waals surface area (Å²) in [5, 5.41) is 2.79. The maximum absolute atomic E-state index is 11.8. The lowest BCUT2D eigenvalue weighted by molar-refractivity contribution is -0.133. The summed E-state index contributed by atoms with van der Waals surface area (Å²) in [6.45, 7) is 2.22. The first-order valence-corrected chi connectivity index (χ1v) is 7.01. The molecule has 5 nitrogen and oxygen atoms in total. The Kier molecular flexibility index (Phi) is 5.12. The quantitative estimate of drug-likeness (QED) is 0.784. The summed E-state index contributed by atoms with van der Waals surface area (Å²) in [6.07, 6.45) is 2.03. The Morgan fingerprint density at radius 3 is 2.80 bits per heavy atom. The lowest BCUT2D eigenvalue weighted by Crippen LogP contribution is -2.56. The number of benzene rings is 1. The highest BCUT2D eigenvalue weighted by Gasteiger charge is 2.30. The molecule has 0 aromatic heterocycles. The Labute approximate surface area is 119 Å². The number of hydrogen-bond acceptors (Lipinski definition) is 3. The van der Waals surface area contributed by atoms with Gasteiger partial charge in [-0.3, -0.25) is 14.5 Å². The van der Waals surface area contributed by atoms with Gasteiger partial charge in [0.05, 0.1) is 12.5 Å². The molecule has 1 aliphatic rings. The van der Waals surface area contributed by atoms with Gasteiger partial charge in [0.15, 0.2) is 0 Å². The molecule has 0 saturated carbocycles. The normalized spacial score (nSPS) is 19.6. The van der Waals surface area contributed by atoms with Crippen LogP contribution in [0.4, 0.5) is 0 Å². The standard InChI is InChI=1S/C15H21N3O2/c16-14(19)11-13-15(20)17-8-10-18(13)9-4-7-12-5-2-1-3-6-12/h1-3,5-6,13H,4,7-11H2,(H2,16,19)(H,17,20)/t13-/m1/s1. The predicted octanol–water partition coefficient (Wildman–Crippen LogP) is 0.295. The van der Waals surface area contributed by atoms with Crippen LogP contribution >= 0.6 is 0 Å². The Balaban J connectivity index is 1.86. The second-order valence-corrected chi connectivity index (χ2v) is 5.10. The van der Waals surface area contributed by atoms with E-state index in [2.05, 4.69) is 22.3 Å². The summed E-state index contributed by atoms with van der Waals surface area (Å²) in [5.74, 6) is -0.519. The average molecular weight is 275 g/mol. The molecule has 0 radical (unpaired) electrons. The molecule has 0 unspecified atom stereocenters. The Morgan fingerprint density at radius 2 is 2.10 bits per heavy atom. The number of aryl methyl sites for hydroxylation is 1. The van der Waals surface area contributed by atoms with Crippen LogP contribution < -0.4 is 11.1 Å². The van der Waals surface area contributed by atoms with E-state index in [0.29, 0.717) is 6.54 Å². The van der Waals surface area contributed by atoms with Gasteiger partial charge < -0.3 is 11.1 Å². The highest BCUT2D eigenvalue weighted by atomic mass is 16.2. The molecule has 5 heteroatoms. The van der Waals surface area contributed by atoms with Crippen LogP contribution in [0.2, 0.25) is 0 Å². The molecule has 108 valence electrons. The van der Waals surface area contributed by atoms with Crippen molar-refractivity contribution in [3.63, 3.8) is 0 Å². The van der Waals surface area contributed by atoms with Crippen molar-refractivity contribution in [1.29, 1.82) is 0 Å². The summed E-state index contributed by atoms with van der Waals surface area (Å²) >= 11 is 0. The van der Waals surface area contributed by atoms with Gasteiger partial charge in [0.2, 0.25) is 11.8 Å². The van der Waals surface area contributed by atoms with E-state index in [-0.39, 0.29) is 12.3 Å². The minimum absolute atomic E-state index is 0.0882. The SMILES string of the molecule is NC(=O)C[C@@H]1C(=O)NCCN1CCCc1ccccc1. The van der Waals surface area contributed by atoms with Crippen LogP contribution in [0.1, 0.15) is 18.4 Å². The lowest BCUT2D eigenvalue weighted by Gasteiger charge is -2.34. The summed E-state index contributed by atoms with van der Waals surface area (Å²) in [6, 6.07) is 9.85. The predicted molar refractivity (Wildman–Crippen MR) is 76.9 cm³/mol. The van der Waals surface area contributed by atoms with E-state index in [0.717, 1.165) is 25.9 Å². The van der Waals surface area contributed by atoms with E-state index in [9.17, 15) is 9.59 Å². The smallest absolute Gasteiger partial charge is 0.237 e. The number of nitrogens with one attached hydrogen (secondary N) is 1. The first-order valence-electron chi connectivity index (χ1n) is 7.01. The van der Waals surface area contributed by atoms with Crippen LogP contribution in [0.3, 0.4) is 0 Å². The molecule has 3 N–H and O–H groups in total. The highest BCUT2D eigenvalue weighted by molar-refractivity contribution is 5.88. The van der Waals surface area contributed by atoms with Gasteiger partial charge >= 0.3 is 0 Å². The maximum atomic E-state index is 11.8. The first-order chi connectivity index (χ1) is 9.66. The van der Waals surface area contributed by atoms with E-state index < -0.39 is 11.9 Å². The van der Waals surface area contributed by atoms with Crippen molar-refractivity contribution in [3.05, 3.63) is 35.9 Å². The molecule has 1 aromatic rings. The molecular formula is C15H21N3O2. The molecule has 1 saturated heterocycles. The minimum Gasteiger partial charge on any atom is -0.370 e. The van der Waals surface area contributed by atoms with Gasteiger partial charge in [0.25, 0.3) is 0 Å². The fourth-order valence-corrected chi connectivity index (χ4v) is 2.57. The number of carbonyl (C=O) groups excluding carboxylic acids is 2. The minimum atomic E-state index is -0.430. The molecule has 1 heterocycles. The Morgan fingerprint density at radius 1 is 1.35 bits per heavy atom. The fraction of sp³-hybridized carbons (Fsp3) is 0.467. The molecule has 0 bridgehead atoms. The van der Waals surface area contributed by atoms with E-state index in [1.807, 2.05) is 18.2 Å². The monoisotopic (exact) mass is 275 g/mol. The fourth-order valence-electron chi connectivity index (χ4n) is 2.57. The second-order valence-electron chi connectivity index (χ2n) is 5.10. The number of hydrogen-bond donors (Lipinski definition) is 2. The van der Waals surface area contributed by atoms with Gasteiger partial charge in [-0.15, -0.1) is 0 Å². The Hall–Kier alpha value is -1.88. The Bertz CT molecular complexity index is 461. The molecule has 2 amide bonds. The zero-order valence-electron chi connectivity index (χ0n) is 11.5. The topological polar surface area (TPSA) is 75.4 Å². The van der Waals surface area contributed by atoms with Crippen molar-refractivity contribution in [1.82, 2.24) is 10.2 Å².